The monoisotopic (exact) mass is 348 g/mol. The van der Waals surface area contributed by atoms with Crippen molar-refractivity contribution >= 4 is 18.3 Å². The molecule has 0 bridgehead atoms. The van der Waals surface area contributed by atoms with Crippen LogP contribution in [0.5, 0.6) is 0 Å². The van der Waals surface area contributed by atoms with Crippen molar-refractivity contribution in [3.05, 3.63) is 35.4 Å². The maximum atomic E-state index is 12.9. The van der Waals surface area contributed by atoms with E-state index in [1.165, 1.54) is 24.0 Å². The number of nitrogens with two attached hydrogens (primary N) is 1. The van der Waals surface area contributed by atoms with Gasteiger partial charge in [-0.3, -0.25) is 4.79 Å². The number of carbonyl (C=O) groups is 1. The van der Waals surface area contributed by atoms with Gasteiger partial charge < -0.3 is 10.6 Å². The van der Waals surface area contributed by atoms with Crippen LogP contribution in [0.4, 0.5) is 0 Å². The number of fused-ring (bicyclic) bond motifs is 1. The van der Waals surface area contributed by atoms with Gasteiger partial charge in [0.2, 0.25) is 5.91 Å². The Kier molecular flexibility index (Phi) is 5.22. The van der Waals surface area contributed by atoms with E-state index >= 15 is 0 Å². The van der Waals surface area contributed by atoms with Gasteiger partial charge in [-0.05, 0) is 68.4 Å². The average molecular weight is 349 g/mol. The van der Waals surface area contributed by atoms with Crippen LogP contribution < -0.4 is 5.73 Å². The zero-order valence-electron chi connectivity index (χ0n) is 14.4. The molecule has 1 heterocycles. The number of piperidine rings is 1. The van der Waals surface area contributed by atoms with Crippen molar-refractivity contribution in [1.29, 1.82) is 0 Å². The predicted octanol–water partition coefficient (Wildman–Crippen LogP) is 3.33. The molecule has 1 saturated carbocycles. The summed E-state index contributed by atoms with van der Waals surface area (Å²) in [5.41, 5.74) is 9.37. The van der Waals surface area contributed by atoms with Crippen molar-refractivity contribution in [3.8, 4) is 0 Å². The lowest BCUT2D eigenvalue weighted by Gasteiger charge is -2.36. The fourth-order valence-electron chi connectivity index (χ4n) is 4.58. The van der Waals surface area contributed by atoms with E-state index in [-0.39, 0.29) is 23.9 Å². The number of halogens is 1. The third-order valence-corrected chi connectivity index (χ3v) is 6.44. The molecule has 0 atom stereocenters. The summed E-state index contributed by atoms with van der Waals surface area (Å²) in [6, 6.07) is 8.69. The molecule has 2 N–H and O–H groups in total. The van der Waals surface area contributed by atoms with E-state index in [0.717, 1.165) is 51.6 Å². The van der Waals surface area contributed by atoms with Gasteiger partial charge in [0.1, 0.15) is 0 Å². The highest BCUT2D eigenvalue weighted by molar-refractivity contribution is 5.85. The summed E-state index contributed by atoms with van der Waals surface area (Å²) in [6.45, 7) is 1.85. The topological polar surface area (TPSA) is 46.3 Å². The Morgan fingerprint density at radius 1 is 1.00 bits per heavy atom. The van der Waals surface area contributed by atoms with E-state index in [4.69, 9.17) is 5.73 Å². The summed E-state index contributed by atoms with van der Waals surface area (Å²) < 4.78 is 0. The minimum atomic E-state index is 0. The molecule has 1 aliphatic heterocycles. The number of nitrogens with zero attached hydrogens (tertiary/aromatic N) is 1. The van der Waals surface area contributed by atoms with Crippen molar-refractivity contribution in [2.45, 2.75) is 56.9 Å². The summed E-state index contributed by atoms with van der Waals surface area (Å²) in [4.78, 5) is 15.1. The van der Waals surface area contributed by atoms with Gasteiger partial charge in [-0.25, -0.2) is 0 Å². The molecule has 1 aromatic rings. The van der Waals surface area contributed by atoms with E-state index in [2.05, 4.69) is 29.2 Å². The lowest BCUT2D eigenvalue weighted by atomic mass is 9.87. The molecule has 2 fully saturated rings. The zero-order valence-corrected chi connectivity index (χ0v) is 15.2. The van der Waals surface area contributed by atoms with Crippen molar-refractivity contribution in [2.24, 2.45) is 17.6 Å². The van der Waals surface area contributed by atoms with Crippen molar-refractivity contribution < 1.29 is 4.79 Å². The summed E-state index contributed by atoms with van der Waals surface area (Å²) in [5, 5.41) is 0. The molecule has 0 aromatic heterocycles. The summed E-state index contributed by atoms with van der Waals surface area (Å²) >= 11 is 0. The molecule has 1 amide bonds. The fraction of sp³-hybridized carbons (Fsp3) is 0.650. The van der Waals surface area contributed by atoms with Crippen molar-refractivity contribution in [3.63, 3.8) is 0 Å². The van der Waals surface area contributed by atoms with E-state index in [0.29, 0.717) is 11.8 Å². The van der Waals surface area contributed by atoms with Gasteiger partial charge in [0.25, 0.3) is 0 Å². The highest BCUT2D eigenvalue weighted by atomic mass is 35.5. The minimum absolute atomic E-state index is 0. The third-order valence-electron chi connectivity index (χ3n) is 6.44. The maximum absolute atomic E-state index is 12.9. The van der Waals surface area contributed by atoms with Crippen LogP contribution in [0.2, 0.25) is 0 Å². The lowest BCUT2D eigenvalue weighted by molar-refractivity contribution is -0.137. The quantitative estimate of drug-likeness (QED) is 0.833. The van der Waals surface area contributed by atoms with E-state index in [1.54, 1.807) is 0 Å². The molecule has 3 aliphatic rings. The second kappa shape index (κ2) is 7.05. The maximum Gasteiger partial charge on any atom is 0.225 e. The van der Waals surface area contributed by atoms with Crippen LogP contribution in [0.25, 0.3) is 0 Å². The molecule has 4 heteroatoms. The first-order valence-electron chi connectivity index (χ1n) is 9.30. The van der Waals surface area contributed by atoms with Crippen LogP contribution in [-0.2, 0) is 17.6 Å². The van der Waals surface area contributed by atoms with Gasteiger partial charge in [0.05, 0.1) is 0 Å². The Labute approximate surface area is 151 Å². The first kappa shape index (κ1) is 17.8. The summed E-state index contributed by atoms with van der Waals surface area (Å²) in [5.74, 6) is 1.26. The van der Waals surface area contributed by atoms with Gasteiger partial charge in [-0.1, -0.05) is 24.3 Å². The Morgan fingerprint density at radius 2 is 1.54 bits per heavy atom. The summed E-state index contributed by atoms with van der Waals surface area (Å²) in [6.07, 6.45) is 8.71. The van der Waals surface area contributed by atoms with Gasteiger partial charge in [0.15, 0.2) is 0 Å². The van der Waals surface area contributed by atoms with Gasteiger partial charge in [0, 0.05) is 24.5 Å². The van der Waals surface area contributed by atoms with Gasteiger partial charge >= 0.3 is 0 Å². The molecular weight excluding hydrogens is 320 g/mol. The normalized spacial score (nSPS) is 23.8. The second-order valence-corrected chi connectivity index (χ2v) is 7.88. The van der Waals surface area contributed by atoms with E-state index < -0.39 is 0 Å². The first-order valence-corrected chi connectivity index (χ1v) is 9.30. The number of carbonyl (C=O) groups excluding carboxylic acids is 1. The Bertz CT molecular complexity index is 564. The number of likely N-dealkylation sites (tertiary alicyclic amines) is 1. The molecular formula is C20H29ClN2O. The minimum Gasteiger partial charge on any atom is -0.342 e. The Balaban J connectivity index is 0.00000169. The molecule has 4 rings (SSSR count). The number of hydrogen-bond acceptors (Lipinski definition) is 2. The zero-order chi connectivity index (χ0) is 15.9. The van der Waals surface area contributed by atoms with Crippen LogP contribution >= 0.6 is 12.4 Å². The molecule has 0 spiro atoms. The predicted molar refractivity (Wildman–Crippen MR) is 99.3 cm³/mol. The molecule has 1 saturated heterocycles. The van der Waals surface area contributed by atoms with Crippen LogP contribution in [0.1, 0.15) is 49.7 Å². The van der Waals surface area contributed by atoms with Crippen LogP contribution in [-0.4, -0.2) is 29.4 Å². The van der Waals surface area contributed by atoms with E-state index in [9.17, 15) is 4.79 Å². The van der Waals surface area contributed by atoms with Gasteiger partial charge in [-0.15, -0.1) is 12.4 Å². The summed E-state index contributed by atoms with van der Waals surface area (Å²) in [7, 11) is 0. The third kappa shape index (κ3) is 3.48. The molecule has 0 radical (unpaired) electrons. The molecule has 24 heavy (non-hydrogen) atoms. The lowest BCUT2D eigenvalue weighted by Crippen LogP contribution is -2.46. The molecule has 0 unspecified atom stereocenters. The standard InChI is InChI=1S/C20H28N2O.ClH/c21-20(11-12-20)18-9-13-22(14-10-18)19(23)17-7-5-15-3-1-2-4-16(15)6-8-17;/h1-4,17-18H,5-14,21H2;1H. The largest absolute Gasteiger partial charge is 0.342 e. The number of hydrogen-bond donors (Lipinski definition) is 1. The molecule has 132 valence electrons. The Hall–Kier alpha value is -1.06. The fourth-order valence-corrected chi connectivity index (χ4v) is 4.58. The molecule has 2 aliphatic carbocycles. The highest BCUT2D eigenvalue weighted by Crippen LogP contribution is 2.44. The van der Waals surface area contributed by atoms with Crippen LogP contribution in [0.15, 0.2) is 24.3 Å². The first-order chi connectivity index (χ1) is 11.2. The second-order valence-electron chi connectivity index (χ2n) is 7.88. The van der Waals surface area contributed by atoms with Crippen LogP contribution in [0.3, 0.4) is 0 Å². The number of aryl methyl sites for hydroxylation is 2. The number of benzene rings is 1. The van der Waals surface area contributed by atoms with Crippen molar-refractivity contribution in [2.75, 3.05) is 13.1 Å². The van der Waals surface area contributed by atoms with E-state index in [1.807, 2.05) is 0 Å². The van der Waals surface area contributed by atoms with Crippen LogP contribution in [0, 0.1) is 11.8 Å². The Morgan fingerprint density at radius 3 is 2.04 bits per heavy atom. The number of amides is 1. The molecule has 3 nitrogen and oxygen atoms in total. The molecule has 1 aromatic carbocycles. The SMILES string of the molecule is Cl.NC1(C2CCN(C(=O)C3CCc4ccccc4CC3)CC2)CC1. The smallest absolute Gasteiger partial charge is 0.225 e. The van der Waals surface area contributed by atoms with Crippen molar-refractivity contribution in [1.82, 2.24) is 4.90 Å². The average Bonchev–Trinajstić information content (AvgIpc) is 3.37. The van der Waals surface area contributed by atoms with Gasteiger partial charge in [-0.2, -0.15) is 0 Å². The number of rotatable bonds is 2. The highest BCUT2D eigenvalue weighted by Gasteiger charge is 2.46.